The molecule has 0 spiro atoms. The zero-order chi connectivity index (χ0) is 11.3. The number of halogens is 1. The topological polar surface area (TPSA) is 32.3 Å². The maximum Gasteiger partial charge on any atom is 0.126 e. The molecular formula is C12H18FNO. The monoisotopic (exact) mass is 211 g/mol. The van der Waals surface area contributed by atoms with E-state index in [9.17, 15) is 9.50 Å². The minimum absolute atomic E-state index is 0.0328. The second kappa shape index (κ2) is 5.83. The van der Waals surface area contributed by atoms with Crippen LogP contribution in [0, 0.1) is 12.7 Å². The molecule has 84 valence electrons. The fourth-order valence-corrected chi connectivity index (χ4v) is 1.49. The molecular weight excluding hydrogens is 193 g/mol. The van der Waals surface area contributed by atoms with Crippen LogP contribution in [-0.4, -0.2) is 18.3 Å². The maximum absolute atomic E-state index is 13.0. The molecule has 2 N–H and O–H groups in total. The first kappa shape index (κ1) is 12.1. The van der Waals surface area contributed by atoms with E-state index in [2.05, 4.69) is 12.2 Å². The maximum atomic E-state index is 13.0. The largest absolute Gasteiger partial charge is 0.394 e. The van der Waals surface area contributed by atoms with Crippen molar-refractivity contribution in [3.63, 3.8) is 0 Å². The van der Waals surface area contributed by atoms with E-state index in [4.69, 9.17) is 0 Å². The molecule has 3 heteroatoms. The summed E-state index contributed by atoms with van der Waals surface area (Å²) in [5.74, 6) is -0.203. The van der Waals surface area contributed by atoms with Crippen LogP contribution in [0.25, 0.3) is 0 Å². The number of hydrogen-bond acceptors (Lipinski definition) is 2. The van der Waals surface area contributed by atoms with Gasteiger partial charge in [-0.3, -0.25) is 0 Å². The molecule has 1 atom stereocenters. The molecule has 1 aromatic carbocycles. The van der Waals surface area contributed by atoms with Crippen LogP contribution < -0.4 is 5.32 Å². The summed E-state index contributed by atoms with van der Waals surface area (Å²) < 4.78 is 13.0. The number of nitrogens with one attached hydrogen (secondary N) is 1. The van der Waals surface area contributed by atoms with Gasteiger partial charge in [-0.1, -0.05) is 19.1 Å². The zero-order valence-electron chi connectivity index (χ0n) is 9.26. The predicted molar refractivity (Wildman–Crippen MR) is 59.3 cm³/mol. The summed E-state index contributed by atoms with van der Waals surface area (Å²) in [5, 5.41) is 12.4. The molecule has 15 heavy (non-hydrogen) atoms. The van der Waals surface area contributed by atoms with Gasteiger partial charge in [-0.05, 0) is 37.1 Å². The Hall–Kier alpha value is -0.930. The molecule has 1 unspecified atom stereocenters. The third-order valence-electron chi connectivity index (χ3n) is 2.41. The van der Waals surface area contributed by atoms with Gasteiger partial charge in [0.15, 0.2) is 0 Å². The first-order valence-electron chi connectivity index (χ1n) is 5.29. The Bertz CT molecular complexity index is 314. The van der Waals surface area contributed by atoms with Gasteiger partial charge in [0.2, 0.25) is 0 Å². The Balaban J connectivity index is 2.78. The molecule has 0 aromatic heterocycles. The molecule has 0 amide bonds. The average Bonchev–Trinajstić information content (AvgIpc) is 2.24. The van der Waals surface area contributed by atoms with E-state index in [1.807, 2.05) is 0 Å². The summed E-state index contributed by atoms with van der Waals surface area (Å²) in [5.41, 5.74) is 1.55. The minimum Gasteiger partial charge on any atom is -0.394 e. The molecule has 1 rings (SSSR count). The van der Waals surface area contributed by atoms with Crippen molar-refractivity contribution in [2.24, 2.45) is 0 Å². The summed E-state index contributed by atoms with van der Waals surface area (Å²) in [4.78, 5) is 0. The van der Waals surface area contributed by atoms with Crippen molar-refractivity contribution in [3.05, 3.63) is 35.1 Å². The minimum atomic E-state index is -0.203. The zero-order valence-corrected chi connectivity index (χ0v) is 9.26. The van der Waals surface area contributed by atoms with Gasteiger partial charge in [0, 0.05) is 0 Å². The number of benzene rings is 1. The fraction of sp³-hybridized carbons (Fsp3) is 0.500. The SMILES string of the molecule is CCCNC(CO)c1ccc(F)c(C)c1. The lowest BCUT2D eigenvalue weighted by Gasteiger charge is -2.16. The summed E-state index contributed by atoms with van der Waals surface area (Å²) in [6.07, 6.45) is 1.01. The predicted octanol–water partition coefficient (Wildman–Crippen LogP) is 2.17. The van der Waals surface area contributed by atoms with Crippen LogP contribution in [0.4, 0.5) is 4.39 Å². The van der Waals surface area contributed by atoms with E-state index in [1.165, 1.54) is 6.07 Å². The van der Waals surface area contributed by atoms with Crippen LogP contribution in [0.1, 0.15) is 30.5 Å². The molecule has 0 aliphatic heterocycles. The Morgan fingerprint density at radius 1 is 1.47 bits per heavy atom. The van der Waals surface area contributed by atoms with E-state index in [0.717, 1.165) is 18.5 Å². The lowest BCUT2D eigenvalue weighted by atomic mass is 10.0. The van der Waals surface area contributed by atoms with E-state index in [0.29, 0.717) is 5.56 Å². The van der Waals surface area contributed by atoms with Crippen molar-refractivity contribution in [1.29, 1.82) is 0 Å². The van der Waals surface area contributed by atoms with Gasteiger partial charge in [0.1, 0.15) is 5.82 Å². The standard InChI is InChI=1S/C12H18FNO/c1-3-6-14-12(8-15)10-4-5-11(13)9(2)7-10/h4-5,7,12,14-15H,3,6,8H2,1-2H3. The summed E-state index contributed by atoms with van der Waals surface area (Å²) in [7, 11) is 0. The highest BCUT2D eigenvalue weighted by Crippen LogP contribution is 2.16. The smallest absolute Gasteiger partial charge is 0.126 e. The lowest BCUT2D eigenvalue weighted by Crippen LogP contribution is -2.25. The first-order valence-corrected chi connectivity index (χ1v) is 5.29. The highest BCUT2D eigenvalue weighted by Gasteiger charge is 2.10. The second-order valence-corrected chi connectivity index (χ2v) is 3.70. The number of hydrogen-bond donors (Lipinski definition) is 2. The van der Waals surface area contributed by atoms with Crippen molar-refractivity contribution < 1.29 is 9.50 Å². The highest BCUT2D eigenvalue weighted by molar-refractivity contribution is 5.26. The molecule has 0 saturated heterocycles. The number of rotatable bonds is 5. The van der Waals surface area contributed by atoms with Crippen molar-refractivity contribution in [3.8, 4) is 0 Å². The molecule has 2 nitrogen and oxygen atoms in total. The van der Waals surface area contributed by atoms with Crippen LogP contribution in [-0.2, 0) is 0 Å². The lowest BCUT2D eigenvalue weighted by molar-refractivity contribution is 0.244. The van der Waals surface area contributed by atoms with E-state index in [1.54, 1.807) is 19.1 Å². The first-order chi connectivity index (χ1) is 7.19. The van der Waals surface area contributed by atoms with Crippen molar-refractivity contribution >= 4 is 0 Å². The van der Waals surface area contributed by atoms with Crippen LogP contribution in [0.3, 0.4) is 0 Å². The quantitative estimate of drug-likeness (QED) is 0.782. The molecule has 0 aliphatic rings. The Kier molecular flexibility index (Phi) is 4.72. The summed E-state index contributed by atoms with van der Waals surface area (Å²) in [6, 6.07) is 4.84. The fourth-order valence-electron chi connectivity index (χ4n) is 1.49. The Morgan fingerprint density at radius 2 is 2.20 bits per heavy atom. The van der Waals surface area contributed by atoms with Gasteiger partial charge in [-0.15, -0.1) is 0 Å². The molecule has 0 aliphatic carbocycles. The number of aryl methyl sites for hydroxylation is 1. The third-order valence-corrected chi connectivity index (χ3v) is 2.41. The van der Waals surface area contributed by atoms with Crippen LogP contribution in [0.5, 0.6) is 0 Å². The number of aliphatic hydroxyl groups excluding tert-OH is 1. The normalized spacial score (nSPS) is 12.8. The van der Waals surface area contributed by atoms with E-state index < -0.39 is 0 Å². The third kappa shape index (κ3) is 3.29. The molecule has 0 radical (unpaired) electrons. The van der Waals surface area contributed by atoms with E-state index >= 15 is 0 Å². The van der Waals surface area contributed by atoms with Gasteiger partial charge in [-0.2, -0.15) is 0 Å². The molecule has 0 heterocycles. The van der Waals surface area contributed by atoms with Gasteiger partial charge in [0.25, 0.3) is 0 Å². The Morgan fingerprint density at radius 3 is 2.73 bits per heavy atom. The van der Waals surface area contributed by atoms with Gasteiger partial charge < -0.3 is 10.4 Å². The number of aliphatic hydroxyl groups is 1. The van der Waals surface area contributed by atoms with Gasteiger partial charge in [0.05, 0.1) is 12.6 Å². The van der Waals surface area contributed by atoms with Crippen LogP contribution >= 0.6 is 0 Å². The molecule has 0 fully saturated rings. The van der Waals surface area contributed by atoms with Crippen molar-refractivity contribution in [2.75, 3.05) is 13.2 Å². The van der Waals surface area contributed by atoms with Crippen LogP contribution in [0.15, 0.2) is 18.2 Å². The Labute approximate surface area is 90.1 Å². The van der Waals surface area contributed by atoms with Crippen LogP contribution in [0.2, 0.25) is 0 Å². The summed E-state index contributed by atoms with van der Waals surface area (Å²) in [6.45, 7) is 4.68. The van der Waals surface area contributed by atoms with E-state index in [-0.39, 0.29) is 18.5 Å². The van der Waals surface area contributed by atoms with Gasteiger partial charge in [-0.25, -0.2) is 4.39 Å². The van der Waals surface area contributed by atoms with Crippen molar-refractivity contribution in [2.45, 2.75) is 26.3 Å². The summed E-state index contributed by atoms with van der Waals surface area (Å²) >= 11 is 0. The van der Waals surface area contributed by atoms with Gasteiger partial charge >= 0.3 is 0 Å². The molecule has 0 saturated carbocycles. The van der Waals surface area contributed by atoms with Crippen molar-refractivity contribution in [1.82, 2.24) is 5.32 Å². The molecule has 0 bridgehead atoms. The second-order valence-electron chi connectivity index (χ2n) is 3.70. The highest BCUT2D eigenvalue weighted by atomic mass is 19.1. The average molecular weight is 211 g/mol. The molecule has 1 aromatic rings.